The molecule has 2 unspecified atom stereocenters. The molecule has 0 N–H and O–H groups in total. The van der Waals surface area contributed by atoms with Crippen molar-refractivity contribution in [3.05, 3.63) is 25.3 Å². The van der Waals surface area contributed by atoms with Crippen LogP contribution in [0.5, 0.6) is 0 Å². The minimum atomic E-state index is -3.95. The second-order valence-electron chi connectivity index (χ2n) is 4.65. The highest BCUT2D eigenvalue weighted by Gasteiger charge is 2.48. The molecule has 0 aromatic heterocycles. The van der Waals surface area contributed by atoms with Crippen molar-refractivity contribution in [3.8, 4) is 0 Å². The topological polar surface area (TPSA) is 113 Å². The van der Waals surface area contributed by atoms with Crippen LogP contribution in [-0.4, -0.2) is 59.2 Å². The zero-order chi connectivity index (χ0) is 17.0. The minimum absolute atomic E-state index is 0.309. The van der Waals surface area contributed by atoms with Crippen molar-refractivity contribution >= 4 is 27.5 Å². The van der Waals surface area contributed by atoms with Crippen LogP contribution in [0.2, 0.25) is 0 Å². The average Bonchev–Trinajstić information content (AvgIpc) is 2.64. The highest BCUT2D eigenvalue weighted by atomic mass is 32.2. The molecular formula is C11H19O8PS2. The van der Waals surface area contributed by atoms with Gasteiger partial charge in [0.25, 0.3) is 0 Å². The molecule has 2 atom stereocenters. The second-order valence-corrected chi connectivity index (χ2v) is 10.6. The van der Waals surface area contributed by atoms with Crippen LogP contribution in [0.4, 0.5) is 0 Å². The summed E-state index contributed by atoms with van der Waals surface area (Å²) < 4.78 is 73.9. The molecule has 0 spiro atoms. The van der Waals surface area contributed by atoms with Crippen molar-refractivity contribution in [2.24, 2.45) is 0 Å². The molecular weight excluding hydrogens is 355 g/mol. The summed E-state index contributed by atoms with van der Waals surface area (Å²) in [6.45, 7) is 6.66. The fourth-order valence-electron chi connectivity index (χ4n) is 1.85. The van der Waals surface area contributed by atoms with E-state index in [0.717, 1.165) is 7.11 Å². The van der Waals surface area contributed by atoms with Gasteiger partial charge in [0.15, 0.2) is 19.7 Å². The maximum Gasteiger partial charge on any atom is 0.475 e. The van der Waals surface area contributed by atoms with Crippen molar-refractivity contribution < 1.29 is 35.0 Å². The Morgan fingerprint density at radius 1 is 1.00 bits per heavy atom. The standard InChI is InChI=1S/C11H19O8PS2/c1-4-6-21(13,14)8-10-11(9-22(15,16)7-5-2)19-20(12,17-3)18-10/h4-5,10-11H,1-2,6-9H2,3H3. The lowest BCUT2D eigenvalue weighted by atomic mass is 10.3. The lowest BCUT2D eigenvalue weighted by Crippen LogP contribution is -2.36. The van der Waals surface area contributed by atoms with Gasteiger partial charge in [0.2, 0.25) is 0 Å². The van der Waals surface area contributed by atoms with E-state index in [2.05, 4.69) is 17.7 Å². The highest BCUT2D eigenvalue weighted by molar-refractivity contribution is 7.92. The first-order valence-corrected chi connectivity index (χ1v) is 11.3. The lowest BCUT2D eigenvalue weighted by molar-refractivity contribution is 0.191. The summed E-state index contributed by atoms with van der Waals surface area (Å²) in [6, 6.07) is 0. The van der Waals surface area contributed by atoms with Gasteiger partial charge in [-0.05, 0) is 0 Å². The summed E-state index contributed by atoms with van der Waals surface area (Å²) >= 11 is 0. The molecule has 0 aromatic carbocycles. The zero-order valence-corrected chi connectivity index (χ0v) is 14.6. The molecule has 22 heavy (non-hydrogen) atoms. The molecule has 0 bridgehead atoms. The Hall–Kier alpha value is -0.510. The molecule has 0 aromatic rings. The largest absolute Gasteiger partial charge is 0.475 e. The molecule has 128 valence electrons. The average molecular weight is 374 g/mol. The molecule has 1 heterocycles. The fourth-order valence-corrected chi connectivity index (χ4v) is 5.91. The number of phosphoric acid groups is 1. The van der Waals surface area contributed by atoms with Gasteiger partial charge in [-0.3, -0.25) is 13.6 Å². The summed E-state index contributed by atoms with van der Waals surface area (Å²) in [4.78, 5) is 0. The Balaban J connectivity index is 2.98. The Bertz CT molecular complexity index is 612. The Morgan fingerprint density at radius 3 is 1.64 bits per heavy atom. The predicted molar refractivity (Wildman–Crippen MR) is 82.1 cm³/mol. The summed E-state index contributed by atoms with van der Waals surface area (Å²) in [5.41, 5.74) is 0. The molecule has 0 saturated carbocycles. The van der Waals surface area contributed by atoms with Gasteiger partial charge in [0.05, 0.1) is 23.0 Å². The van der Waals surface area contributed by atoms with E-state index in [9.17, 15) is 21.4 Å². The van der Waals surface area contributed by atoms with E-state index in [1.165, 1.54) is 12.2 Å². The quantitative estimate of drug-likeness (QED) is 0.429. The van der Waals surface area contributed by atoms with E-state index in [1.807, 2.05) is 0 Å². The molecule has 0 aliphatic carbocycles. The third-order valence-electron chi connectivity index (χ3n) is 2.75. The first kappa shape index (κ1) is 19.5. The first-order chi connectivity index (χ1) is 10.1. The van der Waals surface area contributed by atoms with E-state index in [0.29, 0.717) is 0 Å². The molecule has 0 radical (unpaired) electrons. The first-order valence-electron chi connectivity index (χ1n) is 6.21. The van der Waals surface area contributed by atoms with Crippen LogP contribution >= 0.6 is 7.82 Å². The van der Waals surface area contributed by atoms with Crippen LogP contribution in [0, 0.1) is 0 Å². The number of sulfone groups is 2. The predicted octanol–water partition coefficient (Wildman–Crippen LogP) is 0.726. The van der Waals surface area contributed by atoms with E-state index in [-0.39, 0.29) is 11.5 Å². The van der Waals surface area contributed by atoms with Crippen LogP contribution in [0.15, 0.2) is 25.3 Å². The van der Waals surface area contributed by atoms with Gasteiger partial charge in [0.1, 0.15) is 12.2 Å². The third kappa shape index (κ3) is 5.60. The van der Waals surface area contributed by atoms with Crippen molar-refractivity contribution in [1.82, 2.24) is 0 Å². The van der Waals surface area contributed by atoms with E-state index in [4.69, 9.17) is 9.05 Å². The lowest BCUT2D eigenvalue weighted by Gasteiger charge is -2.15. The van der Waals surface area contributed by atoms with Gasteiger partial charge >= 0.3 is 7.82 Å². The Morgan fingerprint density at radius 2 is 1.36 bits per heavy atom. The fraction of sp³-hybridized carbons (Fsp3) is 0.636. The zero-order valence-electron chi connectivity index (χ0n) is 12.1. The van der Waals surface area contributed by atoms with Crippen LogP contribution in [0.3, 0.4) is 0 Å². The summed E-state index contributed by atoms with van der Waals surface area (Å²) in [6.07, 6.45) is 0.000298. The molecule has 0 amide bonds. The smallest absolute Gasteiger partial charge is 0.290 e. The highest BCUT2D eigenvalue weighted by Crippen LogP contribution is 2.57. The van der Waals surface area contributed by atoms with Gasteiger partial charge in [-0.25, -0.2) is 21.4 Å². The maximum atomic E-state index is 12.0. The van der Waals surface area contributed by atoms with Crippen LogP contribution in [-0.2, 0) is 37.8 Å². The summed E-state index contributed by atoms with van der Waals surface area (Å²) in [7, 11) is -10.1. The van der Waals surface area contributed by atoms with Crippen molar-refractivity contribution in [2.75, 3.05) is 30.1 Å². The van der Waals surface area contributed by atoms with Gasteiger partial charge in [0, 0.05) is 7.11 Å². The molecule has 1 fully saturated rings. The second kappa shape index (κ2) is 7.37. The minimum Gasteiger partial charge on any atom is -0.290 e. The maximum absolute atomic E-state index is 12.0. The van der Waals surface area contributed by atoms with E-state index in [1.54, 1.807) is 0 Å². The van der Waals surface area contributed by atoms with Gasteiger partial charge in [-0.2, -0.15) is 0 Å². The third-order valence-corrected chi connectivity index (χ3v) is 7.41. The Kier molecular flexibility index (Phi) is 6.55. The molecule has 1 saturated heterocycles. The molecule has 11 heteroatoms. The molecule has 1 aliphatic rings. The normalized spacial score (nSPS) is 29.3. The van der Waals surface area contributed by atoms with E-state index >= 15 is 0 Å². The number of rotatable bonds is 9. The van der Waals surface area contributed by atoms with Gasteiger partial charge < -0.3 is 0 Å². The number of hydrogen-bond acceptors (Lipinski definition) is 8. The van der Waals surface area contributed by atoms with E-state index < -0.39 is 51.2 Å². The summed E-state index contributed by atoms with van der Waals surface area (Å²) in [5, 5.41) is 0. The number of phosphoric ester groups is 1. The van der Waals surface area contributed by atoms with Gasteiger partial charge in [-0.15, -0.1) is 13.2 Å². The van der Waals surface area contributed by atoms with Crippen LogP contribution in [0.1, 0.15) is 0 Å². The summed E-state index contributed by atoms with van der Waals surface area (Å²) in [5.74, 6) is -1.70. The van der Waals surface area contributed by atoms with Crippen LogP contribution < -0.4 is 0 Å². The van der Waals surface area contributed by atoms with Crippen LogP contribution in [0.25, 0.3) is 0 Å². The Labute approximate surface area is 130 Å². The monoisotopic (exact) mass is 374 g/mol. The molecule has 1 rings (SSSR count). The van der Waals surface area contributed by atoms with Crippen molar-refractivity contribution in [3.63, 3.8) is 0 Å². The van der Waals surface area contributed by atoms with Crippen molar-refractivity contribution in [2.45, 2.75) is 12.2 Å². The molecule has 8 nitrogen and oxygen atoms in total. The van der Waals surface area contributed by atoms with Gasteiger partial charge in [-0.1, -0.05) is 12.2 Å². The molecule has 1 aliphatic heterocycles. The SMILES string of the molecule is C=CCS(=O)(=O)CC1OP(=O)(OC)OC1CS(=O)(=O)CC=C. The number of hydrogen-bond donors (Lipinski definition) is 0. The van der Waals surface area contributed by atoms with Crippen molar-refractivity contribution in [1.29, 1.82) is 0 Å².